The van der Waals surface area contributed by atoms with Gasteiger partial charge >= 0.3 is 5.97 Å². The first kappa shape index (κ1) is 12.9. The molecule has 4 nitrogen and oxygen atoms in total. The van der Waals surface area contributed by atoms with Crippen LogP contribution in [0.5, 0.6) is 0 Å². The number of hydrogen-bond donors (Lipinski definition) is 2. The van der Waals surface area contributed by atoms with Crippen molar-refractivity contribution >= 4 is 5.97 Å². The van der Waals surface area contributed by atoms with Gasteiger partial charge in [0.1, 0.15) is 0 Å². The molecule has 0 atom stereocenters. The van der Waals surface area contributed by atoms with Gasteiger partial charge in [-0.2, -0.15) is 0 Å². The Kier molecular flexibility index (Phi) is 7.78. The third-order valence-electron chi connectivity index (χ3n) is 1.58. The van der Waals surface area contributed by atoms with Crippen molar-refractivity contribution in [3.63, 3.8) is 0 Å². The molecular formula is C10H18N2O2. The van der Waals surface area contributed by atoms with E-state index in [1.165, 1.54) is 6.08 Å². The Morgan fingerprint density at radius 3 is 2.64 bits per heavy atom. The molecule has 0 aliphatic carbocycles. The summed E-state index contributed by atoms with van der Waals surface area (Å²) in [7, 11) is 0. The molecule has 0 spiro atoms. The third-order valence-corrected chi connectivity index (χ3v) is 1.58. The van der Waals surface area contributed by atoms with Crippen LogP contribution in [0.15, 0.2) is 23.8 Å². The number of nitrogens with two attached hydrogens (primary N) is 2. The van der Waals surface area contributed by atoms with Crippen molar-refractivity contribution in [2.75, 3.05) is 19.7 Å². The predicted octanol–water partition coefficient (Wildman–Crippen LogP) is 0.340. The lowest BCUT2D eigenvalue weighted by molar-refractivity contribution is -0.137. The minimum absolute atomic E-state index is 0.340. The second-order valence-corrected chi connectivity index (χ2v) is 2.68. The van der Waals surface area contributed by atoms with Crippen LogP contribution in [0.2, 0.25) is 0 Å². The van der Waals surface area contributed by atoms with Crippen molar-refractivity contribution in [2.45, 2.75) is 13.3 Å². The van der Waals surface area contributed by atoms with E-state index >= 15 is 0 Å². The van der Waals surface area contributed by atoms with Gasteiger partial charge in [0.15, 0.2) is 0 Å². The van der Waals surface area contributed by atoms with E-state index in [1.807, 2.05) is 0 Å². The molecule has 0 saturated heterocycles. The van der Waals surface area contributed by atoms with Gasteiger partial charge in [-0.05, 0) is 19.9 Å². The smallest absolute Gasteiger partial charge is 0.330 e. The molecule has 4 heteroatoms. The lowest BCUT2D eigenvalue weighted by Gasteiger charge is -1.99. The minimum atomic E-state index is -0.340. The number of rotatable bonds is 6. The van der Waals surface area contributed by atoms with E-state index in [9.17, 15) is 4.79 Å². The molecule has 0 saturated carbocycles. The highest BCUT2D eigenvalue weighted by Gasteiger charge is 1.93. The van der Waals surface area contributed by atoms with Crippen molar-refractivity contribution in [3.8, 4) is 0 Å². The molecule has 0 unspecified atom stereocenters. The topological polar surface area (TPSA) is 78.3 Å². The standard InChI is InChI=1S/C10H18N2O2/c1-2-14-10(13)5-3-4-9(8-12)6-7-11/h3-5H,2,6-8,11-12H2,1H3/b5-3+,9-4+. The number of ether oxygens (including phenoxy) is 1. The zero-order valence-corrected chi connectivity index (χ0v) is 8.53. The van der Waals surface area contributed by atoms with Crippen LogP contribution in [-0.2, 0) is 9.53 Å². The average molecular weight is 198 g/mol. The molecule has 14 heavy (non-hydrogen) atoms. The highest BCUT2D eigenvalue weighted by atomic mass is 16.5. The summed E-state index contributed by atoms with van der Waals surface area (Å²) in [5, 5.41) is 0. The largest absolute Gasteiger partial charge is 0.463 e. The molecule has 0 bridgehead atoms. The fourth-order valence-electron chi connectivity index (χ4n) is 0.892. The Bertz CT molecular complexity index is 222. The van der Waals surface area contributed by atoms with Crippen LogP contribution < -0.4 is 11.5 Å². The van der Waals surface area contributed by atoms with Gasteiger partial charge in [-0.25, -0.2) is 4.79 Å². The van der Waals surface area contributed by atoms with Crippen LogP contribution in [0.25, 0.3) is 0 Å². The molecule has 0 radical (unpaired) electrons. The Balaban J connectivity index is 4.02. The van der Waals surface area contributed by atoms with Gasteiger partial charge in [-0.15, -0.1) is 0 Å². The zero-order valence-electron chi connectivity index (χ0n) is 8.53. The normalized spacial score (nSPS) is 12.1. The van der Waals surface area contributed by atoms with Gasteiger partial charge in [0, 0.05) is 12.6 Å². The van der Waals surface area contributed by atoms with Crippen LogP contribution in [0.4, 0.5) is 0 Å². The van der Waals surface area contributed by atoms with E-state index in [4.69, 9.17) is 16.2 Å². The van der Waals surface area contributed by atoms with Crippen molar-refractivity contribution < 1.29 is 9.53 Å². The molecule has 0 aromatic rings. The Morgan fingerprint density at radius 1 is 1.43 bits per heavy atom. The Labute approximate surface area is 84.6 Å². The molecule has 0 amide bonds. The van der Waals surface area contributed by atoms with Gasteiger partial charge in [0.05, 0.1) is 6.61 Å². The number of hydrogen-bond acceptors (Lipinski definition) is 4. The van der Waals surface area contributed by atoms with E-state index < -0.39 is 0 Å². The quantitative estimate of drug-likeness (QED) is 0.366. The molecule has 0 aromatic heterocycles. The minimum Gasteiger partial charge on any atom is -0.463 e. The van der Waals surface area contributed by atoms with E-state index in [2.05, 4.69) is 0 Å². The average Bonchev–Trinajstić information content (AvgIpc) is 2.17. The molecule has 4 N–H and O–H groups in total. The fourth-order valence-corrected chi connectivity index (χ4v) is 0.892. The van der Waals surface area contributed by atoms with Crippen molar-refractivity contribution in [1.82, 2.24) is 0 Å². The van der Waals surface area contributed by atoms with Crippen molar-refractivity contribution in [2.24, 2.45) is 11.5 Å². The van der Waals surface area contributed by atoms with Crippen molar-refractivity contribution in [1.29, 1.82) is 0 Å². The summed E-state index contributed by atoms with van der Waals surface area (Å²) in [5.41, 5.74) is 11.9. The SMILES string of the molecule is CCOC(=O)/C=C/C=C(/CN)CCN. The van der Waals surface area contributed by atoms with E-state index in [0.717, 1.165) is 12.0 Å². The number of allylic oxidation sites excluding steroid dienone is 2. The first-order valence-electron chi connectivity index (χ1n) is 4.67. The first-order chi connectivity index (χ1) is 6.74. The summed E-state index contributed by atoms with van der Waals surface area (Å²) in [6.45, 7) is 3.18. The summed E-state index contributed by atoms with van der Waals surface area (Å²) in [6.07, 6.45) is 5.55. The molecule has 0 fully saturated rings. The monoisotopic (exact) mass is 198 g/mol. The van der Waals surface area contributed by atoms with Crippen LogP contribution in [-0.4, -0.2) is 25.7 Å². The zero-order chi connectivity index (χ0) is 10.8. The Morgan fingerprint density at radius 2 is 2.14 bits per heavy atom. The maximum atomic E-state index is 10.9. The lowest BCUT2D eigenvalue weighted by Crippen LogP contribution is -2.08. The summed E-state index contributed by atoms with van der Waals surface area (Å²) in [5.74, 6) is -0.340. The highest BCUT2D eigenvalue weighted by Crippen LogP contribution is 1.97. The van der Waals surface area contributed by atoms with Crippen LogP contribution in [0.1, 0.15) is 13.3 Å². The lowest BCUT2D eigenvalue weighted by atomic mass is 10.2. The summed E-state index contributed by atoms with van der Waals surface area (Å²) < 4.78 is 4.71. The number of carbonyl (C=O) groups excluding carboxylic acids is 1. The first-order valence-corrected chi connectivity index (χ1v) is 4.67. The van der Waals surface area contributed by atoms with Gasteiger partial charge in [-0.1, -0.05) is 17.7 Å². The van der Waals surface area contributed by atoms with Gasteiger partial charge < -0.3 is 16.2 Å². The van der Waals surface area contributed by atoms with Gasteiger partial charge in [-0.3, -0.25) is 0 Å². The maximum absolute atomic E-state index is 10.9. The van der Waals surface area contributed by atoms with Gasteiger partial charge in [0.25, 0.3) is 0 Å². The molecule has 0 heterocycles. The van der Waals surface area contributed by atoms with Crippen LogP contribution in [0.3, 0.4) is 0 Å². The summed E-state index contributed by atoms with van der Waals surface area (Å²) in [4.78, 5) is 10.9. The number of esters is 1. The highest BCUT2D eigenvalue weighted by molar-refractivity contribution is 5.82. The number of carbonyl (C=O) groups is 1. The fraction of sp³-hybridized carbons (Fsp3) is 0.500. The second kappa shape index (κ2) is 8.47. The molecule has 0 aromatic carbocycles. The Hall–Kier alpha value is -1.13. The maximum Gasteiger partial charge on any atom is 0.330 e. The van der Waals surface area contributed by atoms with Crippen molar-refractivity contribution in [3.05, 3.63) is 23.8 Å². The van der Waals surface area contributed by atoms with Crippen LogP contribution in [0, 0.1) is 0 Å². The second-order valence-electron chi connectivity index (χ2n) is 2.68. The van der Waals surface area contributed by atoms with Gasteiger partial charge in [0.2, 0.25) is 0 Å². The third kappa shape index (κ3) is 6.39. The predicted molar refractivity (Wildman–Crippen MR) is 56.6 cm³/mol. The molecule has 0 aliphatic rings. The molecular weight excluding hydrogens is 180 g/mol. The van der Waals surface area contributed by atoms with E-state index in [1.54, 1.807) is 19.1 Å². The molecule has 80 valence electrons. The summed E-state index contributed by atoms with van der Waals surface area (Å²) >= 11 is 0. The van der Waals surface area contributed by atoms with E-state index in [-0.39, 0.29) is 5.97 Å². The van der Waals surface area contributed by atoms with E-state index in [0.29, 0.717) is 19.7 Å². The van der Waals surface area contributed by atoms with Crippen LogP contribution >= 0.6 is 0 Å². The summed E-state index contributed by atoms with van der Waals surface area (Å²) in [6, 6.07) is 0. The molecule has 0 aliphatic heterocycles. The molecule has 0 rings (SSSR count).